The first-order valence-electron chi connectivity index (χ1n) is 6.85. The van der Waals surface area contributed by atoms with Crippen LogP contribution in [-0.4, -0.2) is 26.3 Å². The van der Waals surface area contributed by atoms with Crippen LogP contribution in [0.2, 0.25) is 0 Å². The van der Waals surface area contributed by atoms with Crippen molar-refractivity contribution >= 4 is 38.9 Å². The van der Waals surface area contributed by atoms with Gasteiger partial charge in [-0.1, -0.05) is 0 Å². The number of thiophene rings is 1. The summed E-state index contributed by atoms with van der Waals surface area (Å²) in [7, 11) is 2.01. The van der Waals surface area contributed by atoms with E-state index in [4.69, 9.17) is 9.47 Å². The van der Waals surface area contributed by atoms with E-state index >= 15 is 0 Å². The lowest BCUT2D eigenvalue weighted by atomic mass is 10.2. The number of anilines is 1. The predicted octanol–water partition coefficient (Wildman–Crippen LogP) is 1.89. The largest absolute Gasteiger partial charge is 0.454 e. The normalized spacial score (nSPS) is 13.9. The quantitative estimate of drug-likeness (QED) is 0.828. The van der Waals surface area contributed by atoms with E-state index in [9.17, 15) is 4.79 Å². The molecule has 2 aromatic rings. The molecule has 5 nitrogen and oxygen atoms in total. The number of hydrogen-bond donors (Lipinski definition) is 2. The van der Waals surface area contributed by atoms with Crippen molar-refractivity contribution in [2.75, 3.05) is 25.7 Å². The van der Waals surface area contributed by atoms with Crippen LogP contribution in [0.3, 0.4) is 0 Å². The van der Waals surface area contributed by atoms with Crippen molar-refractivity contribution in [3.05, 3.63) is 39.0 Å². The van der Waals surface area contributed by atoms with Crippen LogP contribution in [0.5, 0.6) is 11.5 Å². The van der Waals surface area contributed by atoms with Gasteiger partial charge in [0.05, 0.1) is 15.7 Å². The zero-order valence-corrected chi connectivity index (χ0v) is 14.4. The number of ether oxygens (including phenoxy) is 2. The summed E-state index contributed by atoms with van der Waals surface area (Å²) >= 11 is 5.14. The molecule has 0 spiro atoms. The van der Waals surface area contributed by atoms with Crippen molar-refractivity contribution in [2.45, 2.75) is 6.54 Å². The van der Waals surface area contributed by atoms with Crippen molar-refractivity contribution in [3.63, 3.8) is 0 Å². The fourth-order valence-corrected chi connectivity index (χ4v) is 3.86. The third kappa shape index (κ3) is 3.79. The van der Waals surface area contributed by atoms with Crippen LogP contribution in [0.4, 0.5) is 5.69 Å². The summed E-state index contributed by atoms with van der Waals surface area (Å²) in [6.07, 6.45) is 0. The number of carbonyl (C=O) groups is 1. The van der Waals surface area contributed by atoms with E-state index in [1.165, 1.54) is 4.88 Å². The van der Waals surface area contributed by atoms with Gasteiger partial charge in [-0.05, 0) is 40.2 Å². The summed E-state index contributed by atoms with van der Waals surface area (Å²) in [6, 6.07) is 9.51. The SMILES string of the molecule is C[NH+](CC(=O)Nc1ccc2c(c1)OCO2)Cc1ccc(Br)s1. The number of quaternary nitrogens is 1. The first-order chi connectivity index (χ1) is 10.6. The second kappa shape index (κ2) is 6.68. The summed E-state index contributed by atoms with van der Waals surface area (Å²) in [5.41, 5.74) is 0.723. The molecule has 0 saturated heterocycles. The number of rotatable bonds is 5. The van der Waals surface area contributed by atoms with Crippen LogP contribution in [0.25, 0.3) is 0 Å². The molecular weight excluding hydrogens is 368 g/mol. The van der Waals surface area contributed by atoms with Gasteiger partial charge in [-0.2, -0.15) is 0 Å². The molecule has 0 fully saturated rings. The predicted molar refractivity (Wildman–Crippen MR) is 88.7 cm³/mol. The summed E-state index contributed by atoms with van der Waals surface area (Å²) < 4.78 is 11.7. The van der Waals surface area contributed by atoms with Gasteiger partial charge in [0.15, 0.2) is 18.0 Å². The third-order valence-corrected chi connectivity index (χ3v) is 4.85. The molecule has 1 aromatic heterocycles. The number of nitrogens with one attached hydrogen (secondary N) is 2. The lowest BCUT2D eigenvalue weighted by Crippen LogP contribution is -3.08. The van der Waals surface area contributed by atoms with Gasteiger partial charge < -0.3 is 19.7 Å². The Morgan fingerprint density at radius 3 is 2.91 bits per heavy atom. The van der Waals surface area contributed by atoms with Crippen LogP contribution >= 0.6 is 27.3 Å². The highest BCUT2D eigenvalue weighted by molar-refractivity contribution is 9.11. The van der Waals surface area contributed by atoms with E-state index in [1.54, 1.807) is 23.5 Å². The first-order valence-corrected chi connectivity index (χ1v) is 8.46. The zero-order chi connectivity index (χ0) is 15.5. The Bertz CT molecular complexity index is 689. The zero-order valence-electron chi connectivity index (χ0n) is 12.0. The number of hydrogen-bond acceptors (Lipinski definition) is 4. The molecule has 7 heteroatoms. The fourth-order valence-electron chi connectivity index (χ4n) is 2.26. The Balaban J connectivity index is 1.53. The van der Waals surface area contributed by atoms with E-state index in [1.807, 2.05) is 19.2 Å². The maximum atomic E-state index is 12.1. The van der Waals surface area contributed by atoms with Crippen LogP contribution in [0.1, 0.15) is 4.88 Å². The molecule has 3 rings (SSSR count). The molecule has 22 heavy (non-hydrogen) atoms. The second-order valence-corrected chi connectivity index (χ2v) is 7.68. The van der Waals surface area contributed by atoms with Crippen LogP contribution in [-0.2, 0) is 11.3 Å². The average Bonchev–Trinajstić information content (AvgIpc) is 3.06. The Labute approximate surface area is 141 Å². The minimum atomic E-state index is -0.0213. The van der Waals surface area contributed by atoms with Gasteiger partial charge >= 0.3 is 0 Å². The molecule has 1 aromatic carbocycles. The molecule has 2 heterocycles. The molecule has 0 aliphatic carbocycles. The minimum absolute atomic E-state index is 0.0213. The Kier molecular flexibility index (Phi) is 4.66. The second-order valence-electron chi connectivity index (χ2n) is 5.13. The summed E-state index contributed by atoms with van der Waals surface area (Å²) in [5, 5.41) is 2.89. The highest BCUT2D eigenvalue weighted by Crippen LogP contribution is 2.34. The van der Waals surface area contributed by atoms with Gasteiger partial charge in [0, 0.05) is 11.8 Å². The van der Waals surface area contributed by atoms with Crippen molar-refractivity contribution in [3.8, 4) is 11.5 Å². The lowest BCUT2D eigenvalue weighted by Gasteiger charge is -2.13. The van der Waals surface area contributed by atoms with Crippen LogP contribution in [0, 0.1) is 0 Å². The number of carbonyl (C=O) groups excluding carboxylic acids is 1. The molecule has 1 aliphatic rings. The summed E-state index contributed by atoms with van der Waals surface area (Å²) in [5.74, 6) is 1.36. The number of halogens is 1. The highest BCUT2D eigenvalue weighted by Gasteiger charge is 2.16. The minimum Gasteiger partial charge on any atom is -0.454 e. The molecule has 1 unspecified atom stereocenters. The number of amides is 1. The van der Waals surface area contributed by atoms with Crippen molar-refractivity contribution in [1.29, 1.82) is 0 Å². The van der Waals surface area contributed by atoms with E-state index < -0.39 is 0 Å². The fraction of sp³-hybridized carbons (Fsp3) is 0.267. The van der Waals surface area contributed by atoms with Gasteiger partial charge in [0.2, 0.25) is 6.79 Å². The topological polar surface area (TPSA) is 52.0 Å². The van der Waals surface area contributed by atoms with Crippen LogP contribution < -0.4 is 19.7 Å². The maximum absolute atomic E-state index is 12.1. The maximum Gasteiger partial charge on any atom is 0.279 e. The Morgan fingerprint density at radius 2 is 2.14 bits per heavy atom. The molecule has 116 valence electrons. The molecule has 0 bridgehead atoms. The van der Waals surface area contributed by atoms with Crippen molar-refractivity contribution in [1.82, 2.24) is 0 Å². The monoisotopic (exact) mass is 383 g/mol. The molecule has 0 radical (unpaired) electrons. The Morgan fingerprint density at radius 1 is 1.32 bits per heavy atom. The van der Waals surface area contributed by atoms with Gasteiger partial charge in [0.25, 0.3) is 5.91 Å². The van der Waals surface area contributed by atoms with Gasteiger partial charge in [-0.25, -0.2) is 0 Å². The van der Waals surface area contributed by atoms with E-state index in [-0.39, 0.29) is 12.7 Å². The van der Waals surface area contributed by atoms with E-state index in [2.05, 4.69) is 27.3 Å². The van der Waals surface area contributed by atoms with Crippen molar-refractivity contribution in [2.24, 2.45) is 0 Å². The highest BCUT2D eigenvalue weighted by atomic mass is 79.9. The number of benzene rings is 1. The van der Waals surface area contributed by atoms with E-state index in [0.717, 1.165) is 20.9 Å². The average molecular weight is 384 g/mol. The first kappa shape index (κ1) is 15.3. The number of likely N-dealkylation sites (N-methyl/N-ethyl adjacent to an activating group) is 1. The summed E-state index contributed by atoms with van der Waals surface area (Å²) in [6.45, 7) is 1.46. The van der Waals surface area contributed by atoms with Gasteiger partial charge in [-0.3, -0.25) is 4.79 Å². The smallest absolute Gasteiger partial charge is 0.279 e. The molecule has 1 amide bonds. The molecule has 0 saturated carbocycles. The van der Waals surface area contributed by atoms with Gasteiger partial charge in [-0.15, -0.1) is 11.3 Å². The van der Waals surface area contributed by atoms with Crippen molar-refractivity contribution < 1.29 is 19.2 Å². The lowest BCUT2D eigenvalue weighted by molar-refractivity contribution is -0.884. The molecule has 1 atom stereocenters. The Hall–Kier alpha value is -1.57. The third-order valence-electron chi connectivity index (χ3n) is 3.22. The molecule has 2 N–H and O–H groups in total. The summed E-state index contributed by atoms with van der Waals surface area (Å²) in [4.78, 5) is 14.5. The molecule has 1 aliphatic heterocycles. The van der Waals surface area contributed by atoms with Gasteiger partial charge in [0.1, 0.15) is 6.54 Å². The molecular formula is C15H16BrN2O3S+. The van der Waals surface area contributed by atoms with E-state index in [0.29, 0.717) is 18.0 Å². The van der Waals surface area contributed by atoms with Crippen LogP contribution in [0.15, 0.2) is 34.1 Å². The number of fused-ring (bicyclic) bond motifs is 1. The standard InChI is InChI=1S/C15H15BrN2O3S/c1-18(7-11-3-5-14(16)22-11)8-15(19)17-10-2-4-12-13(6-10)21-9-20-12/h2-6H,7-9H2,1H3,(H,17,19)/p+1.